The predicted molar refractivity (Wildman–Crippen MR) is 151 cm³/mol. The average molecular weight is 482 g/mol. The Morgan fingerprint density at radius 2 is 0.735 bits per heavy atom. The molecule has 0 spiro atoms. The van der Waals surface area contributed by atoms with E-state index in [2.05, 4.69) is 20.8 Å². The van der Waals surface area contributed by atoms with Crippen LogP contribution in [-0.4, -0.2) is 30.7 Å². The molecule has 3 nitrogen and oxygen atoms in total. The minimum absolute atomic E-state index is 0.0663. The van der Waals surface area contributed by atoms with Crippen LogP contribution >= 0.6 is 0 Å². The number of carbonyl (C=O) groups excluding carboxylic acids is 1. The Hall–Kier alpha value is -0.730. The Labute approximate surface area is 215 Å². The zero-order valence-electron chi connectivity index (χ0n) is 23.9. The van der Waals surface area contributed by atoms with Crippen LogP contribution < -0.4 is 0 Å². The second kappa shape index (κ2) is 28.5. The first-order valence-corrected chi connectivity index (χ1v) is 15.7. The summed E-state index contributed by atoms with van der Waals surface area (Å²) in [6.07, 6.45) is 31.3. The maximum absolute atomic E-state index is 12.7. The van der Waals surface area contributed by atoms with Gasteiger partial charge in [-0.15, -0.1) is 0 Å². The Bertz CT molecular complexity index is 375. The maximum atomic E-state index is 12.7. The molecule has 0 aromatic heterocycles. The van der Waals surface area contributed by atoms with Crippen molar-refractivity contribution in [2.24, 2.45) is 0 Å². The van der Waals surface area contributed by atoms with Gasteiger partial charge >= 0.3 is 6.09 Å². The predicted octanol–water partition coefficient (Wildman–Crippen LogP) is 10.8. The second-order valence-electron chi connectivity index (χ2n) is 10.5. The molecule has 0 aliphatic rings. The molecule has 0 bridgehead atoms. The minimum atomic E-state index is -0.0663. The molecule has 0 fully saturated rings. The molecular weight excluding hydrogens is 418 g/mol. The van der Waals surface area contributed by atoms with Crippen molar-refractivity contribution in [1.29, 1.82) is 0 Å². The molecule has 1 amide bonds. The van der Waals surface area contributed by atoms with Crippen molar-refractivity contribution in [1.82, 2.24) is 4.90 Å². The molecule has 0 heterocycles. The lowest BCUT2D eigenvalue weighted by molar-refractivity contribution is 0.0990. The normalized spacial score (nSPS) is 11.1. The first kappa shape index (κ1) is 33.3. The van der Waals surface area contributed by atoms with Gasteiger partial charge in [-0.2, -0.15) is 0 Å². The van der Waals surface area contributed by atoms with Gasteiger partial charge < -0.3 is 9.64 Å². The van der Waals surface area contributed by atoms with E-state index >= 15 is 0 Å². The number of unbranched alkanes of at least 4 members (excludes halogenated alkanes) is 21. The van der Waals surface area contributed by atoms with E-state index in [0.717, 1.165) is 32.4 Å². The van der Waals surface area contributed by atoms with Crippen LogP contribution in [0.25, 0.3) is 0 Å². The first-order chi connectivity index (χ1) is 16.8. The zero-order chi connectivity index (χ0) is 25.0. The van der Waals surface area contributed by atoms with Crippen molar-refractivity contribution >= 4 is 6.09 Å². The van der Waals surface area contributed by atoms with Crippen LogP contribution in [0.4, 0.5) is 4.79 Å². The average Bonchev–Trinajstić information content (AvgIpc) is 2.84. The number of hydrogen-bond acceptors (Lipinski definition) is 2. The first-order valence-electron chi connectivity index (χ1n) is 15.7. The van der Waals surface area contributed by atoms with Crippen LogP contribution in [0.1, 0.15) is 175 Å². The van der Waals surface area contributed by atoms with Gasteiger partial charge in [-0.05, 0) is 19.3 Å². The molecule has 3 heteroatoms. The van der Waals surface area contributed by atoms with Crippen LogP contribution in [0.3, 0.4) is 0 Å². The third-order valence-corrected chi connectivity index (χ3v) is 7.04. The number of ether oxygens (including phenoxy) is 1. The summed E-state index contributed by atoms with van der Waals surface area (Å²) in [6.45, 7) is 9.12. The molecule has 0 saturated carbocycles. The van der Waals surface area contributed by atoms with Crippen molar-refractivity contribution in [2.45, 2.75) is 175 Å². The fourth-order valence-corrected chi connectivity index (χ4v) is 4.65. The van der Waals surface area contributed by atoms with E-state index in [9.17, 15) is 4.79 Å². The molecule has 0 N–H and O–H groups in total. The number of amides is 1. The van der Waals surface area contributed by atoms with E-state index in [-0.39, 0.29) is 6.09 Å². The molecule has 34 heavy (non-hydrogen) atoms. The van der Waals surface area contributed by atoms with Gasteiger partial charge in [0.15, 0.2) is 0 Å². The van der Waals surface area contributed by atoms with Crippen LogP contribution in [0.2, 0.25) is 0 Å². The lowest BCUT2D eigenvalue weighted by Gasteiger charge is -2.22. The van der Waals surface area contributed by atoms with Crippen LogP contribution in [0.15, 0.2) is 0 Å². The van der Waals surface area contributed by atoms with Gasteiger partial charge in [0.25, 0.3) is 0 Å². The second-order valence-corrected chi connectivity index (χ2v) is 10.5. The molecule has 0 aromatic rings. The highest BCUT2D eigenvalue weighted by molar-refractivity contribution is 5.67. The summed E-state index contributed by atoms with van der Waals surface area (Å²) in [4.78, 5) is 14.7. The number of rotatable bonds is 27. The molecule has 0 saturated heterocycles. The SMILES string of the molecule is CCCCCCCCCCCCN(CCCCCCCCCCCC)C(=O)OCCCCCC. The molecule has 204 valence electrons. The van der Waals surface area contributed by atoms with Crippen LogP contribution in [-0.2, 0) is 4.74 Å². The van der Waals surface area contributed by atoms with Gasteiger partial charge in [-0.25, -0.2) is 4.79 Å². The van der Waals surface area contributed by atoms with Gasteiger partial charge in [-0.3, -0.25) is 0 Å². The summed E-state index contributed by atoms with van der Waals surface area (Å²) in [5.74, 6) is 0. The highest BCUT2D eigenvalue weighted by Crippen LogP contribution is 2.13. The van der Waals surface area contributed by atoms with Gasteiger partial charge in [0, 0.05) is 13.1 Å². The van der Waals surface area contributed by atoms with E-state index in [4.69, 9.17) is 4.74 Å². The smallest absolute Gasteiger partial charge is 0.409 e. The molecule has 0 unspecified atom stereocenters. The third-order valence-electron chi connectivity index (χ3n) is 7.04. The summed E-state index contributed by atoms with van der Waals surface area (Å²) < 4.78 is 5.62. The number of nitrogens with zero attached hydrogens (tertiary/aromatic N) is 1. The fraction of sp³-hybridized carbons (Fsp3) is 0.968. The van der Waals surface area contributed by atoms with Crippen molar-refractivity contribution < 1.29 is 9.53 Å². The summed E-state index contributed by atoms with van der Waals surface area (Å²) in [5, 5.41) is 0. The lowest BCUT2D eigenvalue weighted by atomic mass is 10.1. The number of carbonyl (C=O) groups is 1. The van der Waals surface area contributed by atoms with Crippen molar-refractivity contribution in [3.8, 4) is 0 Å². The monoisotopic (exact) mass is 481 g/mol. The molecule has 0 atom stereocenters. The van der Waals surface area contributed by atoms with Gasteiger partial charge in [0.05, 0.1) is 6.61 Å². The molecular formula is C31H63NO2. The zero-order valence-corrected chi connectivity index (χ0v) is 23.9. The van der Waals surface area contributed by atoms with Gasteiger partial charge in [0.1, 0.15) is 0 Å². The highest BCUT2D eigenvalue weighted by Gasteiger charge is 2.14. The molecule has 0 radical (unpaired) electrons. The lowest BCUT2D eigenvalue weighted by Crippen LogP contribution is -2.33. The standard InChI is InChI=1S/C31H63NO2/c1-4-7-10-13-15-17-19-21-23-25-28-32(31(33)34-30-27-12-9-6-3)29-26-24-22-20-18-16-14-11-8-5-2/h4-30H2,1-3H3. The van der Waals surface area contributed by atoms with E-state index < -0.39 is 0 Å². The van der Waals surface area contributed by atoms with E-state index in [0.29, 0.717) is 6.61 Å². The van der Waals surface area contributed by atoms with Crippen molar-refractivity contribution in [3.05, 3.63) is 0 Å². The van der Waals surface area contributed by atoms with Gasteiger partial charge in [0.2, 0.25) is 0 Å². The van der Waals surface area contributed by atoms with Gasteiger partial charge in [-0.1, -0.05) is 156 Å². The number of hydrogen-bond donors (Lipinski definition) is 0. The van der Waals surface area contributed by atoms with Crippen LogP contribution in [0.5, 0.6) is 0 Å². The Morgan fingerprint density at radius 1 is 0.441 bits per heavy atom. The molecule has 0 aromatic carbocycles. The summed E-state index contributed by atoms with van der Waals surface area (Å²) in [6, 6.07) is 0. The Kier molecular flexibility index (Phi) is 27.9. The maximum Gasteiger partial charge on any atom is 0.409 e. The van der Waals surface area contributed by atoms with Crippen LogP contribution in [0, 0.1) is 0 Å². The Balaban J connectivity index is 3.98. The summed E-state index contributed by atoms with van der Waals surface area (Å²) >= 11 is 0. The topological polar surface area (TPSA) is 29.5 Å². The van der Waals surface area contributed by atoms with Crippen molar-refractivity contribution in [2.75, 3.05) is 19.7 Å². The van der Waals surface area contributed by atoms with E-state index in [1.165, 1.54) is 135 Å². The summed E-state index contributed by atoms with van der Waals surface area (Å²) in [5.41, 5.74) is 0. The quantitative estimate of drug-likeness (QED) is 0.109. The highest BCUT2D eigenvalue weighted by atomic mass is 16.6. The molecule has 0 rings (SSSR count). The van der Waals surface area contributed by atoms with Crippen molar-refractivity contribution in [3.63, 3.8) is 0 Å². The Morgan fingerprint density at radius 3 is 1.09 bits per heavy atom. The summed E-state index contributed by atoms with van der Waals surface area (Å²) in [7, 11) is 0. The molecule has 0 aliphatic carbocycles. The minimum Gasteiger partial charge on any atom is -0.449 e. The largest absolute Gasteiger partial charge is 0.449 e. The fourth-order valence-electron chi connectivity index (χ4n) is 4.65. The third kappa shape index (κ3) is 24.4. The van der Waals surface area contributed by atoms with E-state index in [1.54, 1.807) is 0 Å². The molecule has 0 aliphatic heterocycles. The van der Waals surface area contributed by atoms with E-state index in [1.807, 2.05) is 4.90 Å².